The maximum Gasteiger partial charge on any atom is 0.224 e. The van der Waals surface area contributed by atoms with E-state index in [1.807, 2.05) is 54.6 Å². The highest BCUT2D eigenvalue weighted by atomic mass is 32.1. The van der Waals surface area contributed by atoms with Crippen LogP contribution < -0.4 is 5.32 Å². The van der Waals surface area contributed by atoms with Gasteiger partial charge in [-0.05, 0) is 42.0 Å². The largest absolute Gasteiger partial charge is 0.469 e. The number of anilines is 1. The maximum atomic E-state index is 12.0. The van der Waals surface area contributed by atoms with Gasteiger partial charge in [-0.25, -0.2) is 4.98 Å². The van der Waals surface area contributed by atoms with Crippen LogP contribution in [0.15, 0.2) is 71.3 Å². The van der Waals surface area contributed by atoms with Crippen LogP contribution in [0.4, 0.5) is 5.69 Å². The lowest BCUT2D eigenvalue weighted by Crippen LogP contribution is -2.12. The lowest BCUT2D eigenvalue weighted by atomic mass is 10.1. The monoisotopic (exact) mass is 362 g/mol. The lowest BCUT2D eigenvalue weighted by Gasteiger charge is -2.06. The van der Waals surface area contributed by atoms with Crippen LogP contribution in [0.2, 0.25) is 0 Å². The highest BCUT2D eigenvalue weighted by Crippen LogP contribution is 2.24. The van der Waals surface area contributed by atoms with E-state index in [1.165, 1.54) is 10.3 Å². The summed E-state index contributed by atoms with van der Waals surface area (Å²) in [4.78, 5) is 16.7. The molecule has 1 amide bonds. The Morgan fingerprint density at radius 2 is 1.88 bits per heavy atom. The molecule has 2 aromatic carbocycles. The first-order valence-corrected chi connectivity index (χ1v) is 9.33. The van der Waals surface area contributed by atoms with Gasteiger partial charge in [0.25, 0.3) is 0 Å². The Kier molecular flexibility index (Phi) is 4.80. The Labute approximate surface area is 155 Å². The summed E-state index contributed by atoms with van der Waals surface area (Å²) in [6.07, 6.45) is 3.43. The van der Waals surface area contributed by atoms with Crippen molar-refractivity contribution in [1.82, 2.24) is 4.98 Å². The molecule has 1 N–H and O–H groups in total. The number of thiazole rings is 1. The molecule has 0 radical (unpaired) electrons. The molecular formula is C21H18N2O2S. The molecule has 26 heavy (non-hydrogen) atoms. The highest BCUT2D eigenvalue weighted by molar-refractivity contribution is 7.18. The summed E-state index contributed by atoms with van der Waals surface area (Å²) in [5.74, 6) is 0.812. The highest BCUT2D eigenvalue weighted by Gasteiger charge is 2.07. The van der Waals surface area contributed by atoms with Crippen LogP contribution in [0, 0.1) is 0 Å². The predicted octanol–water partition coefficient (Wildman–Crippen LogP) is 5.05. The zero-order valence-electron chi connectivity index (χ0n) is 14.1. The number of fused-ring (bicyclic) bond motifs is 1. The maximum absolute atomic E-state index is 12.0. The number of aromatic nitrogens is 1. The fraction of sp³-hybridized carbons (Fsp3) is 0.143. The minimum atomic E-state index is -0.0136. The van der Waals surface area contributed by atoms with Gasteiger partial charge in [-0.3, -0.25) is 4.79 Å². The van der Waals surface area contributed by atoms with E-state index in [2.05, 4.69) is 16.4 Å². The minimum absolute atomic E-state index is 0.0136. The van der Waals surface area contributed by atoms with E-state index >= 15 is 0 Å². The molecule has 0 aliphatic carbocycles. The van der Waals surface area contributed by atoms with Crippen molar-refractivity contribution in [2.24, 2.45) is 0 Å². The van der Waals surface area contributed by atoms with Crippen molar-refractivity contribution in [3.63, 3.8) is 0 Å². The molecule has 4 nitrogen and oxygen atoms in total. The fourth-order valence-corrected chi connectivity index (χ4v) is 3.79. The van der Waals surface area contributed by atoms with Crippen molar-refractivity contribution < 1.29 is 9.21 Å². The molecule has 0 saturated carbocycles. The molecule has 130 valence electrons. The van der Waals surface area contributed by atoms with Gasteiger partial charge in [0.1, 0.15) is 5.76 Å². The number of benzene rings is 2. The van der Waals surface area contributed by atoms with E-state index in [0.717, 1.165) is 28.4 Å². The summed E-state index contributed by atoms with van der Waals surface area (Å²) in [7, 11) is 0. The Morgan fingerprint density at radius 3 is 2.65 bits per heavy atom. The van der Waals surface area contributed by atoms with Gasteiger partial charge in [-0.1, -0.05) is 24.3 Å². The number of carbonyl (C=O) groups is 1. The Balaban J connectivity index is 1.34. The van der Waals surface area contributed by atoms with Gasteiger partial charge >= 0.3 is 0 Å². The third kappa shape index (κ3) is 4.00. The molecule has 0 atom stereocenters. The quantitative estimate of drug-likeness (QED) is 0.522. The summed E-state index contributed by atoms with van der Waals surface area (Å²) in [5.41, 5.74) is 3.04. The van der Waals surface area contributed by atoms with Crippen molar-refractivity contribution in [3.05, 3.63) is 83.3 Å². The van der Waals surface area contributed by atoms with Crippen LogP contribution in [0.25, 0.3) is 10.2 Å². The second-order valence-corrected chi connectivity index (χ2v) is 7.19. The number of amides is 1. The summed E-state index contributed by atoms with van der Waals surface area (Å²) in [6, 6.07) is 19.8. The standard InChI is InChI=1S/C21H18N2O2S/c24-20(12-11-17-4-3-13-25-17)22-16-9-7-15(8-10-16)14-21-23-18-5-1-2-6-19(18)26-21/h1-10,13H,11-12,14H2,(H,22,24). The second kappa shape index (κ2) is 7.54. The zero-order valence-corrected chi connectivity index (χ0v) is 15.0. The summed E-state index contributed by atoms with van der Waals surface area (Å²) < 4.78 is 6.45. The van der Waals surface area contributed by atoms with Gasteiger partial charge in [0, 0.05) is 24.9 Å². The van der Waals surface area contributed by atoms with Crippen molar-refractivity contribution in [3.8, 4) is 0 Å². The van der Waals surface area contributed by atoms with Crippen LogP contribution in [0.5, 0.6) is 0 Å². The number of nitrogens with one attached hydrogen (secondary N) is 1. The summed E-state index contributed by atoms with van der Waals surface area (Å²) in [5, 5.41) is 4.02. The van der Waals surface area contributed by atoms with Crippen molar-refractivity contribution in [2.45, 2.75) is 19.3 Å². The zero-order chi connectivity index (χ0) is 17.8. The SMILES string of the molecule is O=C(CCc1ccco1)Nc1ccc(Cc2nc3ccccc3s2)cc1. The molecule has 0 spiro atoms. The van der Waals surface area contributed by atoms with Gasteiger partial charge in [0.05, 0.1) is 21.5 Å². The summed E-state index contributed by atoms with van der Waals surface area (Å²) >= 11 is 1.72. The fourth-order valence-electron chi connectivity index (χ4n) is 2.79. The molecular weight excluding hydrogens is 344 g/mol. The first-order valence-electron chi connectivity index (χ1n) is 8.52. The first kappa shape index (κ1) is 16.5. The molecule has 0 aliphatic rings. The van der Waals surface area contributed by atoms with E-state index in [-0.39, 0.29) is 5.91 Å². The van der Waals surface area contributed by atoms with Crippen molar-refractivity contribution in [2.75, 3.05) is 5.32 Å². The lowest BCUT2D eigenvalue weighted by molar-refractivity contribution is -0.116. The van der Waals surface area contributed by atoms with E-state index < -0.39 is 0 Å². The van der Waals surface area contributed by atoms with Crippen LogP contribution >= 0.6 is 11.3 Å². The third-order valence-electron chi connectivity index (χ3n) is 4.11. The number of nitrogens with zero attached hydrogens (tertiary/aromatic N) is 1. The topological polar surface area (TPSA) is 55.1 Å². The number of hydrogen-bond acceptors (Lipinski definition) is 4. The summed E-state index contributed by atoms with van der Waals surface area (Å²) in [6.45, 7) is 0. The van der Waals surface area contributed by atoms with Gasteiger partial charge in [-0.15, -0.1) is 11.3 Å². The van der Waals surface area contributed by atoms with Crippen LogP contribution in [-0.4, -0.2) is 10.9 Å². The van der Waals surface area contributed by atoms with Gasteiger partial charge in [-0.2, -0.15) is 0 Å². The Morgan fingerprint density at radius 1 is 1.04 bits per heavy atom. The molecule has 2 aromatic heterocycles. The third-order valence-corrected chi connectivity index (χ3v) is 5.15. The molecule has 0 saturated heterocycles. The number of rotatable bonds is 6. The van der Waals surface area contributed by atoms with Crippen molar-refractivity contribution in [1.29, 1.82) is 0 Å². The predicted molar refractivity (Wildman–Crippen MR) is 105 cm³/mol. The average Bonchev–Trinajstić information content (AvgIpc) is 3.30. The van der Waals surface area contributed by atoms with Gasteiger partial charge in [0.2, 0.25) is 5.91 Å². The second-order valence-electron chi connectivity index (χ2n) is 6.08. The van der Waals surface area contributed by atoms with Crippen LogP contribution in [-0.2, 0) is 17.6 Å². The van der Waals surface area contributed by atoms with E-state index in [9.17, 15) is 4.79 Å². The first-order chi connectivity index (χ1) is 12.8. The molecule has 0 fully saturated rings. The number of carbonyl (C=O) groups excluding carboxylic acids is 1. The number of hydrogen-bond donors (Lipinski definition) is 1. The Bertz CT molecular complexity index is 971. The van der Waals surface area contributed by atoms with Crippen LogP contribution in [0.1, 0.15) is 22.8 Å². The molecule has 2 heterocycles. The molecule has 4 aromatic rings. The average molecular weight is 362 g/mol. The van der Waals surface area contributed by atoms with Crippen LogP contribution in [0.3, 0.4) is 0 Å². The number of para-hydroxylation sites is 1. The van der Waals surface area contributed by atoms with E-state index in [0.29, 0.717) is 12.8 Å². The molecule has 5 heteroatoms. The normalized spacial score (nSPS) is 10.9. The molecule has 0 aliphatic heterocycles. The number of furan rings is 1. The van der Waals surface area contributed by atoms with E-state index in [4.69, 9.17) is 4.42 Å². The minimum Gasteiger partial charge on any atom is -0.469 e. The number of aryl methyl sites for hydroxylation is 1. The smallest absolute Gasteiger partial charge is 0.224 e. The van der Waals surface area contributed by atoms with Gasteiger partial charge < -0.3 is 9.73 Å². The van der Waals surface area contributed by atoms with Crippen molar-refractivity contribution >= 4 is 33.1 Å². The van der Waals surface area contributed by atoms with E-state index in [1.54, 1.807) is 17.6 Å². The van der Waals surface area contributed by atoms with Gasteiger partial charge in [0.15, 0.2) is 0 Å². The Hall–Kier alpha value is -2.92. The molecule has 4 rings (SSSR count). The molecule has 0 unspecified atom stereocenters. The molecule has 0 bridgehead atoms.